The molecule has 0 amide bonds. The van der Waals surface area contributed by atoms with Crippen molar-refractivity contribution in [3.63, 3.8) is 0 Å². The number of benzene rings is 2. The molecule has 0 fully saturated rings. The second kappa shape index (κ2) is 7.71. The van der Waals surface area contributed by atoms with Gasteiger partial charge in [0.05, 0.1) is 24.2 Å². The number of nitrogens with one attached hydrogen (secondary N) is 1. The average Bonchev–Trinajstić information content (AvgIpc) is 3.14. The van der Waals surface area contributed by atoms with Gasteiger partial charge in [0.15, 0.2) is 0 Å². The standard InChI is InChI=1S/C20H16F2N4O3S/c1-29-19-6-3-13(18-11-26-8-2-7-23-20(26)24-18)10-17(19)25-30(27,28)12-14-9-15(21)4-5-16(14)22/h2-11,25H,12H2,1H3. The molecule has 4 aromatic rings. The van der Waals surface area contributed by atoms with Crippen LogP contribution in [0.15, 0.2) is 61.1 Å². The van der Waals surface area contributed by atoms with Crippen LogP contribution >= 0.6 is 0 Å². The highest BCUT2D eigenvalue weighted by Gasteiger charge is 2.19. The second-order valence-corrected chi connectivity index (χ2v) is 8.19. The predicted octanol–water partition coefficient (Wildman–Crippen LogP) is 3.63. The molecule has 0 bridgehead atoms. The molecular weight excluding hydrogens is 414 g/mol. The summed E-state index contributed by atoms with van der Waals surface area (Å²) in [7, 11) is -2.66. The predicted molar refractivity (Wildman–Crippen MR) is 108 cm³/mol. The molecule has 154 valence electrons. The van der Waals surface area contributed by atoms with E-state index < -0.39 is 27.4 Å². The van der Waals surface area contributed by atoms with E-state index in [2.05, 4.69) is 14.7 Å². The van der Waals surface area contributed by atoms with E-state index in [0.717, 1.165) is 18.2 Å². The van der Waals surface area contributed by atoms with Crippen molar-refractivity contribution in [2.45, 2.75) is 5.75 Å². The summed E-state index contributed by atoms with van der Waals surface area (Å²) in [5, 5.41) is 0. The van der Waals surface area contributed by atoms with E-state index in [9.17, 15) is 17.2 Å². The summed E-state index contributed by atoms with van der Waals surface area (Å²) in [6.45, 7) is 0. The van der Waals surface area contributed by atoms with E-state index >= 15 is 0 Å². The van der Waals surface area contributed by atoms with E-state index in [0.29, 0.717) is 17.0 Å². The van der Waals surface area contributed by atoms with E-state index in [4.69, 9.17) is 4.74 Å². The Hall–Kier alpha value is -3.53. The topological polar surface area (TPSA) is 85.6 Å². The Morgan fingerprint density at radius 2 is 2.00 bits per heavy atom. The Balaban J connectivity index is 1.67. The molecule has 7 nitrogen and oxygen atoms in total. The molecule has 0 saturated carbocycles. The van der Waals surface area contributed by atoms with Crippen LogP contribution in [0.25, 0.3) is 17.0 Å². The number of sulfonamides is 1. The molecule has 0 aliphatic heterocycles. The second-order valence-electron chi connectivity index (χ2n) is 6.47. The van der Waals surface area contributed by atoms with Gasteiger partial charge in [0, 0.05) is 29.7 Å². The molecule has 2 aromatic carbocycles. The average molecular weight is 430 g/mol. The number of imidazole rings is 1. The summed E-state index contributed by atoms with van der Waals surface area (Å²) in [5.41, 5.74) is 1.07. The number of halogens is 2. The van der Waals surface area contributed by atoms with Crippen molar-refractivity contribution in [1.82, 2.24) is 14.4 Å². The summed E-state index contributed by atoms with van der Waals surface area (Å²) < 4.78 is 61.8. The first-order valence-electron chi connectivity index (χ1n) is 8.77. The van der Waals surface area contributed by atoms with Gasteiger partial charge in [-0.25, -0.2) is 27.2 Å². The number of aromatic nitrogens is 3. The van der Waals surface area contributed by atoms with Crippen LogP contribution in [-0.4, -0.2) is 29.9 Å². The van der Waals surface area contributed by atoms with Gasteiger partial charge < -0.3 is 4.74 Å². The van der Waals surface area contributed by atoms with Crippen LogP contribution < -0.4 is 9.46 Å². The van der Waals surface area contributed by atoms with E-state index in [1.165, 1.54) is 7.11 Å². The molecule has 0 saturated heterocycles. The van der Waals surface area contributed by atoms with Gasteiger partial charge in [-0.3, -0.25) is 9.12 Å². The van der Waals surface area contributed by atoms with E-state index in [1.54, 1.807) is 47.3 Å². The highest BCUT2D eigenvalue weighted by Crippen LogP contribution is 2.31. The Bertz CT molecular complexity index is 1310. The smallest absolute Gasteiger partial charge is 0.237 e. The van der Waals surface area contributed by atoms with E-state index in [1.807, 2.05) is 0 Å². The normalized spacial score (nSPS) is 11.6. The van der Waals surface area contributed by atoms with Gasteiger partial charge in [0.2, 0.25) is 15.8 Å². The minimum absolute atomic E-state index is 0.150. The molecular formula is C20H16F2N4O3S. The highest BCUT2D eigenvalue weighted by atomic mass is 32.2. The third-order valence-electron chi connectivity index (χ3n) is 4.35. The fourth-order valence-corrected chi connectivity index (χ4v) is 4.18. The summed E-state index contributed by atoms with van der Waals surface area (Å²) in [6.07, 6.45) is 5.16. The number of hydrogen-bond acceptors (Lipinski definition) is 5. The number of methoxy groups -OCH3 is 1. The van der Waals surface area contributed by atoms with Crippen LogP contribution in [0.5, 0.6) is 5.75 Å². The van der Waals surface area contributed by atoms with Gasteiger partial charge in [-0.05, 0) is 42.5 Å². The van der Waals surface area contributed by atoms with Crippen molar-refractivity contribution in [2.75, 3.05) is 11.8 Å². The molecule has 0 aliphatic rings. The van der Waals surface area contributed by atoms with Crippen LogP contribution in [0, 0.1) is 11.6 Å². The number of hydrogen-bond donors (Lipinski definition) is 1. The van der Waals surface area contributed by atoms with Gasteiger partial charge in [-0.2, -0.15) is 0 Å². The van der Waals surface area contributed by atoms with Crippen molar-refractivity contribution in [1.29, 1.82) is 0 Å². The Morgan fingerprint density at radius 3 is 2.77 bits per heavy atom. The molecule has 0 aliphatic carbocycles. The lowest BCUT2D eigenvalue weighted by Crippen LogP contribution is -2.16. The van der Waals surface area contributed by atoms with Gasteiger partial charge in [-0.1, -0.05) is 0 Å². The SMILES string of the molecule is COc1ccc(-c2cn3cccnc3n2)cc1NS(=O)(=O)Cc1cc(F)ccc1F. The van der Waals surface area contributed by atoms with Crippen LogP contribution in [0.3, 0.4) is 0 Å². The quantitative estimate of drug-likeness (QED) is 0.505. The molecule has 0 atom stereocenters. The van der Waals surface area contributed by atoms with Crippen molar-refractivity contribution in [3.8, 4) is 17.0 Å². The monoisotopic (exact) mass is 430 g/mol. The lowest BCUT2D eigenvalue weighted by molar-refractivity contribution is 0.417. The lowest BCUT2D eigenvalue weighted by atomic mass is 10.1. The minimum atomic E-state index is -4.06. The molecule has 4 rings (SSSR count). The molecule has 1 N–H and O–H groups in total. The largest absolute Gasteiger partial charge is 0.495 e. The third-order valence-corrected chi connectivity index (χ3v) is 5.57. The van der Waals surface area contributed by atoms with Crippen LogP contribution in [0.4, 0.5) is 14.5 Å². The maximum Gasteiger partial charge on any atom is 0.237 e. The van der Waals surface area contributed by atoms with Crippen LogP contribution in [-0.2, 0) is 15.8 Å². The summed E-state index contributed by atoms with van der Waals surface area (Å²) >= 11 is 0. The number of fused-ring (bicyclic) bond motifs is 1. The van der Waals surface area contributed by atoms with Gasteiger partial charge in [0.25, 0.3) is 0 Å². The van der Waals surface area contributed by atoms with Gasteiger partial charge in [0.1, 0.15) is 17.4 Å². The Morgan fingerprint density at radius 1 is 1.17 bits per heavy atom. The van der Waals surface area contributed by atoms with Crippen LogP contribution in [0.2, 0.25) is 0 Å². The zero-order chi connectivity index (χ0) is 21.3. The van der Waals surface area contributed by atoms with Crippen molar-refractivity contribution < 1.29 is 21.9 Å². The van der Waals surface area contributed by atoms with Crippen molar-refractivity contribution in [2.24, 2.45) is 0 Å². The van der Waals surface area contributed by atoms with Crippen molar-refractivity contribution >= 4 is 21.5 Å². The first kappa shape index (κ1) is 19.8. The fourth-order valence-electron chi connectivity index (χ4n) is 2.98. The highest BCUT2D eigenvalue weighted by molar-refractivity contribution is 7.91. The van der Waals surface area contributed by atoms with E-state index in [-0.39, 0.29) is 17.0 Å². The minimum Gasteiger partial charge on any atom is -0.495 e. The number of rotatable bonds is 6. The maximum atomic E-state index is 13.9. The maximum absolute atomic E-state index is 13.9. The summed E-state index contributed by atoms with van der Waals surface area (Å²) in [6, 6.07) is 9.30. The van der Waals surface area contributed by atoms with Gasteiger partial charge in [-0.15, -0.1) is 0 Å². The Labute approximate surface area is 171 Å². The van der Waals surface area contributed by atoms with Crippen LogP contribution in [0.1, 0.15) is 5.56 Å². The van der Waals surface area contributed by atoms with Crippen molar-refractivity contribution in [3.05, 3.63) is 78.3 Å². The third kappa shape index (κ3) is 4.08. The summed E-state index contributed by atoms with van der Waals surface area (Å²) in [5.74, 6) is -1.50. The molecule has 2 aromatic heterocycles. The number of ether oxygens (including phenoxy) is 1. The lowest BCUT2D eigenvalue weighted by Gasteiger charge is -2.13. The Kier molecular flexibility index (Phi) is 5.08. The molecule has 0 spiro atoms. The molecule has 0 radical (unpaired) electrons. The fraction of sp³-hybridized carbons (Fsp3) is 0.100. The zero-order valence-corrected chi connectivity index (χ0v) is 16.5. The van der Waals surface area contributed by atoms with Gasteiger partial charge >= 0.3 is 0 Å². The molecule has 30 heavy (non-hydrogen) atoms. The molecule has 10 heteroatoms. The first-order valence-corrected chi connectivity index (χ1v) is 10.4. The number of anilines is 1. The number of nitrogens with zero attached hydrogens (tertiary/aromatic N) is 3. The zero-order valence-electron chi connectivity index (χ0n) is 15.7. The summed E-state index contributed by atoms with van der Waals surface area (Å²) in [4.78, 5) is 8.56. The molecule has 2 heterocycles. The molecule has 0 unspecified atom stereocenters. The first-order chi connectivity index (χ1) is 14.3.